The summed E-state index contributed by atoms with van der Waals surface area (Å²) in [6.07, 6.45) is 3.20. The Balaban J connectivity index is 1.31. The number of carbonyl (C=O) groups is 3. The molecule has 1 unspecified atom stereocenters. The van der Waals surface area contributed by atoms with Crippen LogP contribution in [0.1, 0.15) is 76.1 Å². The molecule has 0 radical (unpaired) electrons. The second-order valence-electron chi connectivity index (χ2n) is 12.3. The van der Waals surface area contributed by atoms with Crippen molar-refractivity contribution in [3.05, 3.63) is 94.6 Å². The van der Waals surface area contributed by atoms with Gasteiger partial charge in [-0.1, -0.05) is 30.3 Å². The molecule has 0 saturated heterocycles. The van der Waals surface area contributed by atoms with E-state index in [9.17, 15) is 19.5 Å². The molecule has 2 aromatic carbocycles. The molecule has 3 heterocycles. The molecular weight excluding hydrogens is 598 g/mol. The van der Waals surface area contributed by atoms with Crippen LogP contribution in [0.3, 0.4) is 0 Å². The maximum Gasteiger partial charge on any atom is 0.323 e. The number of anilines is 2. The third-order valence-corrected chi connectivity index (χ3v) is 8.46. The number of hydrogen-bond acceptors (Lipinski definition) is 8. The summed E-state index contributed by atoms with van der Waals surface area (Å²) in [6.45, 7) is 8.84. The lowest BCUT2D eigenvalue weighted by molar-refractivity contribution is -0.143. The molecule has 246 valence electrons. The van der Waals surface area contributed by atoms with E-state index in [0.29, 0.717) is 31.0 Å². The van der Waals surface area contributed by atoms with Gasteiger partial charge in [-0.3, -0.25) is 29.4 Å². The summed E-state index contributed by atoms with van der Waals surface area (Å²) in [7, 11) is 0. The molecule has 1 aliphatic heterocycles. The minimum absolute atomic E-state index is 0.0494. The summed E-state index contributed by atoms with van der Waals surface area (Å²) in [6, 6.07) is 16.4. The van der Waals surface area contributed by atoms with Gasteiger partial charge in [0.25, 0.3) is 11.8 Å². The smallest absolute Gasteiger partial charge is 0.323 e. The predicted molar refractivity (Wildman–Crippen MR) is 179 cm³/mol. The lowest BCUT2D eigenvalue weighted by Gasteiger charge is -2.31. The molecule has 0 fully saturated rings. The van der Waals surface area contributed by atoms with Crippen molar-refractivity contribution in [1.29, 1.82) is 0 Å². The van der Waals surface area contributed by atoms with Gasteiger partial charge in [-0.15, -0.1) is 0 Å². The van der Waals surface area contributed by atoms with E-state index in [4.69, 9.17) is 5.11 Å². The molecule has 12 heteroatoms. The van der Waals surface area contributed by atoms with Gasteiger partial charge in [-0.25, -0.2) is 0 Å². The Hall–Kier alpha value is -4.91. The van der Waals surface area contributed by atoms with E-state index in [-0.39, 0.29) is 35.9 Å². The minimum atomic E-state index is -1.13. The first-order chi connectivity index (χ1) is 22.5. The number of aromatic nitrogens is 3. The number of carbonyl (C=O) groups excluding carboxylic acids is 2. The number of carboxylic acid groups (broad SMARTS) is 1. The number of aliphatic carboxylic acids is 1. The van der Waals surface area contributed by atoms with E-state index >= 15 is 0 Å². The predicted octanol–water partition coefficient (Wildman–Crippen LogP) is 4.44. The Morgan fingerprint density at radius 3 is 2.15 bits per heavy atom. The lowest BCUT2D eigenvalue weighted by Crippen LogP contribution is -2.49. The van der Waals surface area contributed by atoms with Gasteiger partial charge in [0, 0.05) is 37.2 Å². The summed E-state index contributed by atoms with van der Waals surface area (Å²) in [5, 5.41) is 35.3. The largest absolute Gasteiger partial charge is 0.480 e. The molecule has 1 atom stereocenters. The van der Waals surface area contributed by atoms with Crippen LogP contribution in [0.25, 0.3) is 11.1 Å². The van der Waals surface area contributed by atoms with E-state index in [1.54, 1.807) is 36.9 Å². The average molecular weight is 640 g/mol. The zero-order chi connectivity index (χ0) is 33.7. The molecule has 4 aromatic rings. The topological polar surface area (TPSA) is 170 Å². The number of hydrogen-bond donors (Lipinski definition) is 6. The summed E-state index contributed by atoms with van der Waals surface area (Å²) in [5.74, 6) is -1.63. The van der Waals surface area contributed by atoms with Gasteiger partial charge in [0.15, 0.2) is 5.69 Å². The molecule has 2 aromatic heterocycles. The van der Waals surface area contributed by atoms with Crippen molar-refractivity contribution in [2.24, 2.45) is 0 Å². The minimum Gasteiger partial charge on any atom is -0.480 e. The first-order valence-electron chi connectivity index (χ1n) is 15.7. The highest BCUT2D eigenvalue weighted by Crippen LogP contribution is 2.34. The molecule has 5 rings (SSSR count). The molecule has 0 spiro atoms. The van der Waals surface area contributed by atoms with Crippen molar-refractivity contribution < 1.29 is 24.6 Å². The van der Waals surface area contributed by atoms with Crippen LogP contribution in [-0.4, -0.2) is 61.5 Å². The van der Waals surface area contributed by atoms with E-state index in [1.807, 2.05) is 56.3 Å². The van der Waals surface area contributed by atoms with Crippen molar-refractivity contribution in [2.45, 2.75) is 65.2 Å². The van der Waals surface area contributed by atoms with Gasteiger partial charge in [0.05, 0.1) is 18.3 Å². The van der Waals surface area contributed by atoms with Crippen LogP contribution < -0.4 is 21.3 Å². The standard InChI is InChI=1S/C35H41N7O5/c1-21-24(8-5-10-26(21)38-32(44)29-14-13-23(20-37-29)19-36-15-17-43)25-9-6-11-27(22(25)2)39-33(45)30-18-31-28(12-7-16-42(31)41-30)40-35(3,4)34(46)47/h5-6,8-11,13-14,18,20,28,36,40,43H,7,12,15-17,19H2,1-4H3,(H,38,44)(H,39,45)(H,46,47). The number of pyridine rings is 1. The quantitative estimate of drug-likeness (QED) is 0.123. The van der Waals surface area contributed by atoms with Crippen molar-refractivity contribution >= 4 is 29.2 Å². The summed E-state index contributed by atoms with van der Waals surface area (Å²) < 4.78 is 1.78. The Morgan fingerprint density at radius 1 is 0.936 bits per heavy atom. The van der Waals surface area contributed by atoms with Gasteiger partial charge in [-0.2, -0.15) is 5.10 Å². The molecule has 2 amide bonds. The summed E-state index contributed by atoms with van der Waals surface area (Å²) in [4.78, 5) is 42.5. The van der Waals surface area contributed by atoms with Crippen LogP contribution in [0.4, 0.5) is 11.4 Å². The highest BCUT2D eigenvalue weighted by atomic mass is 16.4. The Bertz CT molecular complexity index is 1780. The van der Waals surface area contributed by atoms with E-state index < -0.39 is 11.5 Å². The Kier molecular flexibility index (Phi) is 10.1. The number of nitrogens with zero attached hydrogens (tertiary/aromatic N) is 3. The van der Waals surface area contributed by atoms with Crippen LogP contribution in [0.2, 0.25) is 0 Å². The van der Waals surface area contributed by atoms with Crippen LogP contribution in [0.15, 0.2) is 60.8 Å². The second kappa shape index (κ2) is 14.2. The number of aliphatic hydroxyl groups is 1. The average Bonchev–Trinajstić information content (AvgIpc) is 3.49. The fourth-order valence-corrected chi connectivity index (χ4v) is 5.71. The van der Waals surface area contributed by atoms with Gasteiger partial charge in [0.2, 0.25) is 0 Å². The number of benzene rings is 2. The summed E-state index contributed by atoms with van der Waals surface area (Å²) in [5.41, 5.74) is 5.92. The van der Waals surface area contributed by atoms with Gasteiger partial charge in [0.1, 0.15) is 11.2 Å². The Morgan fingerprint density at radius 2 is 1.57 bits per heavy atom. The number of amides is 2. The third-order valence-electron chi connectivity index (χ3n) is 8.46. The van der Waals surface area contributed by atoms with Crippen LogP contribution in [0.5, 0.6) is 0 Å². The molecule has 1 aliphatic rings. The van der Waals surface area contributed by atoms with Gasteiger partial charge >= 0.3 is 5.97 Å². The normalized spacial score (nSPS) is 14.4. The molecule has 6 N–H and O–H groups in total. The van der Waals surface area contributed by atoms with E-state index in [1.165, 1.54) is 0 Å². The molecule has 0 saturated carbocycles. The van der Waals surface area contributed by atoms with Crippen LogP contribution in [-0.2, 0) is 17.9 Å². The first-order valence-corrected chi connectivity index (χ1v) is 15.7. The van der Waals surface area contributed by atoms with Crippen LogP contribution in [0, 0.1) is 13.8 Å². The number of aryl methyl sites for hydroxylation is 1. The zero-order valence-corrected chi connectivity index (χ0v) is 27.1. The Labute approximate surface area is 273 Å². The van der Waals surface area contributed by atoms with E-state index in [2.05, 4.69) is 31.3 Å². The van der Waals surface area contributed by atoms with Crippen LogP contribution >= 0.6 is 0 Å². The fourth-order valence-electron chi connectivity index (χ4n) is 5.71. The maximum absolute atomic E-state index is 13.4. The number of fused-ring (bicyclic) bond motifs is 1. The third kappa shape index (κ3) is 7.57. The highest BCUT2D eigenvalue weighted by Gasteiger charge is 2.33. The number of rotatable bonds is 12. The first kappa shape index (κ1) is 33.5. The van der Waals surface area contributed by atoms with Crippen molar-refractivity contribution in [1.82, 2.24) is 25.4 Å². The maximum atomic E-state index is 13.4. The molecule has 0 aliphatic carbocycles. The molecular formula is C35H41N7O5. The van der Waals surface area contributed by atoms with Crippen molar-refractivity contribution in [3.63, 3.8) is 0 Å². The van der Waals surface area contributed by atoms with Gasteiger partial charge in [-0.05, 0) is 92.6 Å². The van der Waals surface area contributed by atoms with Crippen molar-refractivity contribution in [3.8, 4) is 11.1 Å². The fraction of sp³-hybridized carbons (Fsp3) is 0.343. The SMILES string of the molecule is Cc1c(NC(=O)c2ccc(CNCCO)cn2)cccc1-c1cccc(NC(=O)c2cc3n(n2)CCCC3NC(C)(C)C(=O)O)c1C. The number of aliphatic hydroxyl groups excluding tert-OH is 1. The van der Waals surface area contributed by atoms with Crippen molar-refractivity contribution in [2.75, 3.05) is 23.8 Å². The highest BCUT2D eigenvalue weighted by molar-refractivity contribution is 6.05. The van der Waals surface area contributed by atoms with E-state index in [0.717, 1.165) is 46.4 Å². The lowest BCUT2D eigenvalue weighted by atomic mass is 9.94. The molecule has 12 nitrogen and oxygen atoms in total. The zero-order valence-electron chi connectivity index (χ0n) is 27.1. The summed E-state index contributed by atoms with van der Waals surface area (Å²) >= 11 is 0. The number of nitrogens with one attached hydrogen (secondary N) is 4. The second-order valence-corrected chi connectivity index (χ2v) is 12.3. The molecule has 0 bridgehead atoms. The number of carboxylic acids is 1. The molecule has 47 heavy (non-hydrogen) atoms. The monoisotopic (exact) mass is 639 g/mol. The van der Waals surface area contributed by atoms with Gasteiger partial charge < -0.3 is 26.2 Å².